The van der Waals surface area contributed by atoms with Crippen molar-refractivity contribution in [3.05, 3.63) is 87.2 Å². The first kappa shape index (κ1) is 23.6. The number of hydrogen-bond acceptors (Lipinski definition) is 3. The summed E-state index contributed by atoms with van der Waals surface area (Å²) in [6.45, 7) is 4.34. The highest BCUT2D eigenvalue weighted by Crippen LogP contribution is 2.28. The van der Waals surface area contributed by atoms with Crippen LogP contribution in [0.4, 0.5) is 0 Å². The standard InChI is InChI=1S/C24H24Cl2N4O2/c1-16-12-19(17(2)30(16)22-13-20(25)8-9-21(22)26)15-28-29-24(32)14-23(31)27-11-10-18-6-4-3-5-7-18/h3-9,12-13,15H,10-11,14H2,1-2H3,(H,27,31)(H,29,32)/b28-15+. The predicted molar refractivity (Wildman–Crippen MR) is 129 cm³/mol. The maximum Gasteiger partial charge on any atom is 0.249 e. The molecule has 3 rings (SSSR count). The smallest absolute Gasteiger partial charge is 0.249 e. The first-order valence-electron chi connectivity index (χ1n) is 10.1. The molecule has 2 amide bonds. The fourth-order valence-electron chi connectivity index (χ4n) is 3.36. The van der Waals surface area contributed by atoms with E-state index in [4.69, 9.17) is 23.2 Å². The molecule has 3 aromatic rings. The zero-order valence-electron chi connectivity index (χ0n) is 17.9. The van der Waals surface area contributed by atoms with Crippen molar-refractivity contribution in [3.8, 4) is 5.69 Å². The van der Waals surface area contributed by atoms with E-state index in [9.17, 15) is 9.59 Å². The molecule has 6 nitrogen and oxygen atoms in total. The molecular formula is C24H24Cl2N4O2. The van der Waals surface area contributed by atoms with Gasteiger partial charge in [-0.1, -0.05) is 53.5 Å². The van der Waals surface area contributed by atoms with E-state index in [0.717, 1.165) is 28.2 Å². The summed E-state index contributed by atoms with van der Waals surface area (Å²) in [6, 6.07) is 17.0. The van der Waals surface area contributed by atoms with Crippen molar-refractivity contribution in [2.75, 3.05) is 6.54 Å². The van der Waals surface area contributed by atoms with Gasteiger partial charge >= 0.3 is 0 Å². The van der Waals surface area contributed by atoms with Crippen molar-refractivity contribution in [3.63, 3.8) is 0 Å². The SMILES string of the molecule is Cc1cc(/C=N/NC(=O)CC(=O)NCCc2ccccc2)c(C)n1-c1cc(Cl)ccc1Cl. The molecule has 2 N–H and O–H groups in total. The zero-order valence-corrected chi connectivity index (χ0v) is 19.4. The molecule has 0 unspecified atom stereocenters. The van der Waals surface area contributed by atoms with E-state index < -0.39 is 5.91 Å². The maximum absolute atomic E-state index is 12.0. The number of benzene rings is 2. The van der Waals surface area contributed by atoms with E-state index in [1.54, 1.807) is 24.4 Å². The van der Waals surface area contributed by atoms with E-state index in [-0.39, 0.29) is 12.3 Å². The van der Waals surface area contributed by atoms with Gasteiger partial charge in [0.2, 0.25) is 11.8 Å². The Balaban J connectivity index is 1.54. The van der Waals surface area contributed by atoms with Crippen LogP contribution >= 0.6 is 23.2 Å². The summed E-state index contributed by atoms with van der Waals surface area (Å²) in [5.74, 6) is -0.826. The number of nitrogens with one attached hydrogen (secondary N) is 2. The number of carbonyl (C=O) groups excluding carboxylic acids is 2. The van der Waals surface area contributed by atoms with Crippen LogP contribution in [0.15, 0.2) is 59.7 Å². The third kappa shape index (κ3) is 6.22. The fourth-order valence-corrected chi connectivity index (χ4v) is 3.73. The summed E-state index contributed by atoms with van der Waals surface area (Å²) < 4.78 is 1.97. The first-order valence-corrected chi connectivity index (χ1v) is 10.9. The van der Waals surface area contributed by atoms with E-state index in [0.29, 0.717) is 23.0 Å². The van der Waals surface area contributed by atoms with Crippen molar-refractivity contribution < 1.29 is 9.59 Å². The summed E-state index contributed by atoms with van der Waals surface area (Å²) in [7, 11) is 0. The van der Waals surface area contributed by atoms with Gasteiger partial charge in [0.15, 0.2) is 0 Å². The highest BCUT2D eigenvalue weighted by molar-refractivity contribution is 6.34. The monoisotopic (exact) mass is 470 g/mol. The van der Waals surface area contributed by atoms with Crippen LogP contribution < -0.4 is 10.7 Å². The number of hydrazone groups is 1. The molecule has 8 heteroatoms. The Morgan fingerprint density at radius 2 is 1.78 bits per heavy atom. The van der Waals surface area contributed by atoms with Crippen molar-refractivity contribution in [1.29, 1.82) is 0 Å². The molecule has 0 atom stereocenters. The van der Waals surface area contributed by atoms with Crippen LogP contribution in [0.3, 0.4) is 0 Å². The molecule has 0 saturated carbocycles. The number of nitrogens with zero attached hydrogens (tertiary/aromatic N) is 2. The van der Waals surface area contributed by atoms with Crippen molar-refractivity contribution >= 4 is 41.2 Å². The minimum Gasteiger partial charge on any atom is -0.355 e. The Kier molecular flexibility index (Phi) is 8.09. The normalized spacial score (nSPS) is 11.0. The summed E-state index contributed by atoms with van der Waals surface area (Å²) in [5, 5.41) is 7.89. The number of hydrogen-bond donors (Lipinski definition) is 2. The summed E-state index contributed by atoms with van der Waals surface area (Å²) in [6.07, 6.45) is 1.96. The molecule has 0 aliphatic heterocycles. The Morgan fingerprint density at radius 3 is 2.53 bits per heavy atom. The van der Waals surface area contributed by atoms with Gasteiger partial charge in [0, 0.05) is 28.5 Å². The lowest BCUT2D eigenvalue weighted by atomic mass is 10.1. The zero-order chi connectivity index (χ0) is 23.1. The molecular weight excluding hydrogens is 447 g/mol. The molecule has 0 aliphatic rings. The molecule has 0 fully saturated rings. The lowest BCUT2D eigenvalue weighted by Crippen LogP contribution is -2.31. The molecule has 166 valence electrons. The van der Waals surface area contributed by atoms with Gasteiger partial charge in [-0.15, -0.1) is 0 Å². The third-order valence-electron chi connectivity index (χ3n) is 4.91. The molecule has 0 aliphatic carbocycles. The van der Waals surface area contributed by atoms with Crippen molar-refractivity contribution in [2.45, 2.75) is 26.7 Å². The average Bonchev–Trinajstić information content (AvgIpc) is 3.03. The average molecular weight is 471 g/mol. The minimum atomic E-state index is -0.481. The fraction of sp³-hybridized carbons (Fsp3) is 0.208. The van der Waals surface area contributed by atoms with Gasteiger partial charge in [0.05, 0.1) is 16.9 Å². The van der Waals surface area contributed by atoms with Gasteiger partial charge in [-0.2, -0.15) is 5.10 Å². The van der Waals surface area contributed by atoms with Crippen molar-refractivity contribution in [2.24, 2.45) is 5.10 Å². The van der Waals surface area contributed by atoms with E-state index in [1.807, 2.05) is 54.8 Å². The van der Waals surface area contributed by atoms with Crippen LogP contribution in [0.5, 0.6) is 0 Å². The number of carbonyl (C=O) groups is 2. The second kappa shape index (κ2) is 11.0. The lowest BCUT2D eigenvalue weighted by molar-refractivity contribution is -0.129. The molecule has 0 spiro atoms. The van der Waals surface area contributed by atoms with Crippen LogP contribution in [-0.4, -0.2) is 29.1 Å². The highest BCUT2D eigenvalue weighted by Gasteiger charge is 2.13. The van der Waals surface area contributed by atoms with E-state index in [2.05, 4.69) is 15.8 Å². The largest absolute Gasteiger partial charge is 0.355 e. The van der Waals surface area contributed by atoms with E-state index >= 15 is 0 Å². The molecule has 32 heavy (non-hydrogen) atoms. The topological polar surface area (TPSA) is 75.5 Å². The Hall–Kier alpha value is -3.09. The number of halogens is 2. The van der Waals surface area contributed by atoms with Crippen LogP contribution in [0.25, 0.3) is 5.69 Å². The Bertz CT molecular complexity index is 1140. The Morgan fingerprint density at radius 1 is 1.03 bits per heavy atom. The molecule has 1 aromatic heterocycles. The van der Waals surface area contributed by atoms with Crippen LogP contribution in [-0.2, 0) is 16.0 Å². The molecule has 0 radical (unpaired) electrons. The minimum absolute atomic E-state index is 0.288. The third-order valence-corrected chi connectivity index (χ3v) is 5.47. The number of aromatic nitrogens is 1. The Labute approximate surface area is 197 Å². The van der Waals surface area contributed by atoms with Gasteiger partial charge < -0.3 is 9.88 Å². The number of rotatable bonds is 8. The molecule has 1 heterocycles. The lowest BCUT2D eigenvalue weighted by Gasteiger charge is -2.12. The second-order valence-corrected chi connectivity index (χ2v) is 8.16. The predicted octanol–water partition coefficient (Wildman–Crippen LogP) is 4.60. The number of amides is 2. The quantitative estimate of drug-likeness (QED) is 0.286. The molecule has 2 aromatic carbocycles. The summed E-state index contributed by atoms with van der Waals surface area (Å²) in [4.78, 5) is 24.0. The summed E-state index contributed by atoms with van der Waals surface area (Å²) in [5.41, 5.74) is 6.94. The molecule has 0 bridgehead atoms. The van der Waals surface area contributed by atoms with Gasteiger partial charge in [-0.3, -0.25) is 9.59 Å². The number of aryl methyl sites for hydroxylation is 1. The molecule has 0 saturated heterocycles. The van der Waals surface area contributed by atoms with E-state index in [1.165, 1.54) is 0 Å². The van der Waals surface area contributed by atoms with Gasteiger partial charge in [-0.05, 0) is 50.1 Å². The van der Waals surface area contributed by atoms with Gasteiger partial charge in [-0.25, -0.2) is 5.43 Å². The van der Waals surface area contributed by atoms with Gasteiger partial charge in [0.25, 0.3) is 0 Å². The van der Waals surface area contributed by atoms with Crippen molar-refractivity contribution in [1.82, 2.24) is 15.3 Å². The van der Waals surface area contributed by atoms with Crippen LogP contribution in [0, 0.1) is 13.8 Å². The van der Waals surface area contributed by atoms with Crippen LogP contribution in [0.1, 0.15) is 28.9 Å². The van der Waals surface area contributed by atoms with Gasteiger partial charge in [0.1, 0.15) is 6.42 Å². The van der Waals surface area contributed by atoms with Crippen LogP contribution in [0.2, 0.25) is 10.0 Å². The second-order valence-electron chi connectivity index (χ2n) is 7.31. The maximum atomic E-state index is 12.0. The first-order chi connectivity index (χ1) is 15.3. The summed E-state index contributed by atoms with van der Waals surface area (Å²) >= 11 is 12.5. The highest BCUT2D eigenvalue weighted by atomic mass is 35.5.